The first kappa shape index (κ1) is 22.1. The molecule has 0 radical (unpaired) electrons. The van der Waals surface area contributed by atoms with Crippen LogP contribution in [0.15, 0.2) is 65.6 Å². The highest BCUT2D eigenvalue weighted by molar-refractivity contribution is 5.91. The third-order valence-corrected chi connectivity index (χ3v) is 5.39. The van der Waals surface area contributed by atoms with Crippen LogP contribution in [0.3, 0.4) is 0 Å². The second-order valence-electron chi connectivity index (χ2n) is 8.25. The predicted octanol–water partition coefficient (Wildman–Crippen LogP) is 3.24. The van der Waals surface area contributed by atoms with Crippen molar-refractivity contribution in [1.82, 2.24) is 29.5 Å². The quantitative estimate of drug-likeness (QED) is 0.394. The monoisotopic (exact) mass is 469 g/mol. The van der Waals surface area contributed by atoms with Crippen LogP contribution in [0.5, 0.6) is 5.75 Å². The molecule has 3 aromatic heterocycles. The summed E-state index contributed by atoms with van der Waals surface area (Å²) in [5.41, 5.74) is 3.62. The van der Waals surface area contributed by atoms with Gasteiger partial charge in [0.2, 0.25) is 5.95 Å². The van der Waals surface area contributed by atoms with Gasteiger partial charge in [-0.05, 0) is 45.0 Å². The van der Waals surface area contributed by atoms with Crippen molar-refractivity contribution in [3.8, 4) is 17.4 Å². The molecule has 0 fully saturated rings. The number of anilines is 1. The normalized spacial score (nSPS) is 11.1. The number of aryl methyl sites for hydroxylation is 3. The summed E-state index contributed by atoms with van der Waals surface area (Å²) in [6.45, 7) is 5.57. The number of aromatic amines is 1. The van der Waals surface area contributed by atoms with Crippen molar-refractivity contribution in [2.45, 2.75) is 20.8 Å². The number of rotatable bonds is 6. The number of H-pyrrole nitrogens is 1. The van der Waals surface area contributed by atoms with Crippen molar-refractivity contribution in [3.63, 3.8) is 0 Å². The zero-order chi connectivity index (χ0) is 24.5. The summed E-state index contributed by atoms with van der Waals surface area (Å²) in [7, 11) is 0. The Morgan fingerprint density at radius 3 is 2.40 bits per heavy atom. The topological polar surface area (TPSA) is 120 Å². The third kappa shape index (κ3) is 4.54. The first-order valence-corrected chi connectivity index (χ1v) is 11.0. The van der Waals surface area contributed by atoms with Gasteiger partial charge in [-0.25, -0.2) is 4.68 Å². The zero-order valence-corrected chi connectivity index (χ0v) is 19.4. The molecule has 0 atom stereocenters. The van der Waals surface area contributed by atoms with Crippen molar-refractivity contribution in [2.24, 2.45) is 0 Å². The lowest BCUT2D eigenvalue weighted by Gasteiger charge is -2.10. The standard InChI is InChI=1S/C25H23N7O3/c1-15-4-8-18(9-5-15)31-23-20(13-26-31)24(34)29-25(28-23)32-21(12-17(3)30-32)27-22(33)14-35-19-10-6-16(2)7-11-19/h4-13H,14H2,1-3H3,(H,27,33)(H,28,29,34). The van der Waals surface area contributed by atoms with Crippen LogP contribution < -0.4 is 15.6 Å². The number of benzene rings is 2. The molecule has 0 unspecified atom stereocenters. The lowest BCUT2D eigenvalue weighted by molar-refractivity contribution is -0.118. The largest absolute Gasteiger partial charge is 0.484 e. The van der Waals surface area contributed by atoms with Crippen molar-refractivity contribution in [2.75, 3.05) is 11.9 Å². The number of amides is 1. The first-order valence-electron chi connectivity index (χ1n) is 11.0. The average molecular weight is 470 g/mol. The highest BCUT2D eigenvalue weighted by Gasteiger charge is 2.17. The second-order valence-corrected chi connectivity index (χ2v) is 8.25. The number of ether oxygens (including phenoxy) is 1. The maximum Gasteiger partial charge on any atom is 0.263 e. The summed E-state index contributed by atoms with van der Waals surface area (Å²) in [5, 5.41) is 11.9. The Balaban J connectivity index is 1.44. The van der Waals surface area contributed by atoms with Crippen molar-refractivity contribution < 1.29 is 9.53 Å². The Morgan fingerprint density at radius 1 is 1.00 bits per heavy atom. The van der Waals surface area contributed by atoms with Crippen LogP contribution in [0.4, 0.5) is 5.82 Å². The van der Waals surface area contributed by atoms with Gasteiger partial charge in [0.05, 0.1) is 17.6 Å². The zero-order valence-electron chi connectivity index (χ0n) is 19.4. The van der Waals surface area contributed by atoms with E-state index in [1.807, 2.05) is 50.2 Å². The summed E-state index contributed by atoms with van der Waals surface area (Å²) < 4.78 is 8.54. The van der Waals surface area contributed by atoms with Crippen LogP contribution in [-0.2, 0) is 4.79 Å². The Hall–Kier alpha value is -4.73. The number of carbonyl (C=O) groups is 1. The van der Waals surface area contributed by atoms with E-state index < -0.39 is 0 Å². The van der Waals surface area contributed by atoms with Gasteiger partial charge in [-0.3, -0.25) is 14.6 Å². The second kappa shape index (κ2) is 8.90. The van der Waals surface area contributed by atoms with E-state index in [9.17, 15) is 9.59 Å². The van der Waals surface area contributed by atoms with Gasteiger partial charge in [0, 0.05) is 6.07 Å². The van der Waals surface area contributed by atoms with E-state index in [0.717, 1.165) is 16.8 Å². The van der Waals surface area contributed by atoms with Crippen molar-refractivity contribution in [1.29, 1.82) is 0 Å². The molecule has 2 aromatic carbocycles. The molecular weight excluding hydrogens is 446 g/mol. The number of hydrogen-bond donors (Lipinski definition) is 2. The molecule has 0 aliphatic rings. The minimum absolute atomic E-state index is 0.152. The molecule has 0 saturated carbocycles. The van der Waals surface area contributed by atoms with Crippen LogP contribution in [0.1, 0.15) is 16.8 Å². The molecule has 2 N–H and O–H groups in total. The SMILES string of the molecule is Cc1ccc(OCC(=O)Nc2cc(C)nn2-c2nc3c(cnn3-c3ccc(C)cc3)c(=O)[nH]2)cc1. The van der Waals surface area contributed by atoms with Crippen LogP contribution in [0.2, 0.25) is 0 Å². The summed E-state index contributed by atoms with van der Waals surface area (Å²) in [4.78, 5) is 32.7. The van der Waals surface area contributed by atoms with Crippen LogP contribution >= 0.6 is 0 Å². The smallest absolute Gasteiger partial charge is 0.263 e. The van der Waals surface area contributed by atoms with Gasteiger partial charge in [0.15, 0.2) is 12.3 Å². The van der Waals surface area contributed by atoms with Crippen LogP contribution in [0, 0.1) is 20.8 Å². The lowest BCUT2D eigenvalue weighted by atomic mass is 10.2. The number of aromatic nitrogens is 6. The molecule has 0 aliphatic heterocycles. The number of fused-ring (bicyclic) bond motifs is 1. The van der Waals surface area contributed by atoms with Crippen molar-refractivity contribution in [3.05, 3.63) is 88.0 Å². The lowest BCUT2D eigenvalue weighted by Crippen LogP contribution is -2.23. The molecule has 10 nitrogen and oxygen atoms in total. The Morgan fingerprint density at radius 2 is 1.69 bits per heavy atom. The Labute approximate surface area is 200 Å². The van der Waals surface area contributed by atoms with Crippen LogP contribution in [0.25, 0.3) is 22.7 Å². The van der Waals surface area contributed by atoms with Gasteiger partial charge in [-0.15, -0.1) is 0 Å². The molecule has 3 heterocycles. The van der Waals surface area contributed by atoms with E-state index in [0.29, 0.717) is 28.3 Å². The van der Waals surface area contributed by atoms with Crippen LogP contribution in [-0.4, -0.2) is 42.0 Å². The summed E-state index contributed by atoms with van der Waals surface area (Å²) in [6.07, 6.45) is 1.48. The molecule has 5 rings (SSSR count). The third-order valence-electron chi connectivity index (χ3n) is 5.39. The fourth-order valence-corrected chi connectivity index (χ4v) is 3.59. The molecule has 0 saturated heterocycles. The molecule has 1 amide bonds. The number of nitrogens with zero attached hydrogens (tertiary/aromatic N) is 5. The van der Waals surface area contributed by atoms with Gasteiger partial charge in [0.1, 0.15) is 17.0 Å². The van der Waals surface area contributed by atoms with E-state index in [2.05, 4.69) is 25.5 Å². The maximum absolute atomic E-state index is 12.8. The molecule has 5 aromatic rings. The number of carbonyl (C=O) groups excluding carboxylic acids is 1. The van der Waals surface area contributed by atoms with Gasteiger partial charge >= 0.3 is 0 Å². The maximum atomic E-state index is 12.8. The fraction of sp³-hybridized carbons (Fsp3) is 0.160. The van der Waals surface area contributed by atoms with Gasteiger partial charge in [0.25, 0.3) is 11.5 Å². The molecule has 176 valence electrons. The van der Waals surface area contributed by atoms with E-state index in [4.69, 9.17) is 4.74 Å². The number of nitrogens with one attached hydrogen (secondary N) is 2. The minimum atomic E-state index is -0.375. The van der Waals surface area contributed by atoms with E-state index in [1.54, 1.807) is 29.8 Å². The van der Waals surface area contributed by atoms with Gasteiger partial charge in [-0.2, -0.15) is 19.9 Å². The van der Waals surface area contributed by atoms with E-state index >= 15 is 0 Å². The highest BCUT2D eigenvalue weighted by atomic mass is 16.5. The first-order chi connectivity index (χ1) is 16.9. The van der Waals surface area contributed by atoms with Gasteiger partial charge < -0.3 is 10.1 Å². The summed E-state index contributed by atoms with van der Waals surface area (Å²) in [6, 6.07) is 16.8. The average Bonchev–Trinajstić information content (AvgIpc) is 3.43. The van der Waals surface area contributed by atoms with E-state index in [1.165, 1.54) is 10.9 Å². The summed E-state index contributed by atoms with van der Waals surface area (Å²) >= 11 is 0. The van der Waals surface area contributed by atoms with Crippen molar-refractivity contribution >= 4 is 22.8 Å². The minimum Gasteiger partial charge on any atom is -0.484 e. The Kier molecular flexibility index (Phi) is 5.61. The number of hydrogen-bond acceptors (Lipinski definition) is 6. The Bertz CT molecular complexity index is 1580. The fourth-order valence-electron chi connectivity index (χ4n) is 3.59. The molecule has 35 heavy (non-hydrogen) atoms. The highest BCUT2D eigenvalue weighted by Crippen LogP contribution is 2.18. The molecule has 0 bridgehead atoms. The van der Waals surface area contributed by atoms with E-state index in [-0.39, 0.29) is 24.0 Å². The predicted molar refractivity (Wildman–Crippen MR) is 131 cm³/mol. The molecule has 0 spiro atoms. The van der Waals surface area contributed by atoms with Gasteiger partial charge in [-0.1, -0.05) is 35.4 Å². The molecule has 10 heteroatoms. The summed E-state index contributed by atoms with van der Waals surface area (Å²) in [5.74, 6) is 0.722. The molecule has 0 aliphatic carbocycles. The molecular formula is C25H23N7O3.